The van der Waals surface area contributed by atoms with Crippen LogP contribution in [-0.4, -0.2) is 6.71 Å². The summed E-state index contributed by atoms with van der Waals surface area (Å²) >= 11 is 0. The summed E-state index contributed by atoms with van der Waals surface area (Å²) < 4.78 is 13.2. The lowest BCUT2D eigenvalue weighted by Crippen LogP contribution is -2.52. The topological polar surface area (TPSA) is 18.5 Å². The van der Waals surface area contributed by atoms with E-state index in [1.165, 1.54) is 16.7 Å². The highest BCUT2D eigenvalue weighted by atomic mass is 16.5. The van der Waals surface area contributed by atoms with Crippen LogP contribution < -0.4 is 20.4 Å². The summed E-state index contributed by atoms with van der Waals surface area (Å²) in [5.41, 5.74) is 12.1. The molecule has 7 rings (SSSR count). The maximum absolute atomic E-state index is 6.80. The second-order valence-electron chi connectivity index (χ2n) is 10.8. The molecule has 0 aromatic heterocycles. The van der Waals surface area contributed by atoms with Crippen molar-refractivity contribution >= 4 is 23.2 Å². The number of hydrogen-bond donors (Lipinski definition) is 0. The van der Waals surface area contributed by atoms with Gasteiger partial charge in [-0.15, -0.1) is 0 Å². The van der Waals surface area contributed by atoms with E-state index in [4.69, 9.17) is 9.47 Å². The van der Waals surface area contributed by atoms with Crippen molar-refractivity contribution in [3.63, 3.8) is 0 Å². The van der Waals surface area contributed by atoms with Crippen molar-refractivity contribution in [3.8, 4) is 39.5 Å². The predicted molar refractivity (Wildman–Crippen MR) is 172 cm³/mol. The minimum atomic E-state index is -0.126. The van der Waals surface area contributed by atoms with Gasteiger partial charge in [0.1, 0.15) is 23.0 Å². The van der Waals surface area contributed by atoms with Gasteiger partial charge in [-0.25, -0.2) is 0 Å². The zero-order valence-electron chi connectivity index (χ0n) is 23.3. The van der Waals surface area contributed by atoms with Gasteiger partial charge in [-0.3, -0.25) is 0 Å². The molecular weight excluding hydrogens is 499 g/mol. The van der Waals surface area contributed by atoms with Crippen molar-refractivity contribution in [1.82, 2.24) is 0 Å². The normalized spacial score (nSPS) is 14.1. The first-order valence-corrected chi connectivity index (χ1v) is 13.9. The molecule has 0 saturated heterocycles. The van der Waals surface area contributed by atoms with E-state index in [-0.39, 0.29) is 6.71 Å². The van der Waals surface area contributed by atoms with Crippen molar-refractivity contribution in [2.75, 3.05) is 0 Å². The van der Waals surface area contributed by atoms with Crippen LogP contribution in [0, 0.1) is 13.8 Å². The molecule has 0 atom stereocenters. The third kappa shape index (κ3) is 4.22. The average molecular weight is 528 g/mol. The number of allylic oxidation sites excluding steroid dienone is 3. The highest BCUT2D eigenvalue weighted by Crippen LogP contribution is 2.43. The van der Waals surface area contributed by atoms with Gasteiger partial charge in [0.25, 0.3) is 6.71 Å². The van der Waals surface area contributed by atoms with Crippen LogP contribution in [0.3, 0.4) is 0 Å². The van der Waals surface area contributed by atoms with Crippen molar-refractivity contribution in [2.45, 2.75) is 13.8 Å². The number of hydrogen-bond acceptors (Lipinski definition) is 2. The largest absolute Gasteiger partial charge is 0.459 e. The lowest BCUT2D eigenvalue weighted by molar-refractivity contribution is 0.434. The molecule has 0 fully saturated rings. The summed E-state index contributed by atoms with van der Waals surface area (Å²) in [4.78, 5) is 0. The molecule has 0 aliphatic carbocycles. The Hall–Kier alpha value is -5.02. The maximum Gasteiger partial charge on any atom is 0.260 e. The Morgan fingerprint density at radius 1 is 0.683 bits per heavy atom. The first-order valence-electron chi connectivity index (χ1n) is 13.9. The van der Waals surface area contributed by atoms with Crippen LogP contribution in [0.25, 0.3) is 27.8 Å². The number of ether oxygens (including phenoxy) is 2. The summed E-state index contributed by atoms with van der Waals surface area (Å²) in [7, 11) is 0. The molecule has 2 aliphatic heterocycles. The minimum Gasteiger partial charge on any atom is -0.459 e. The molecule has 0 saturated carbocycles. The second-order valence-corrected chi connectivity index (χ2v) is 10.8. The van der Waals surface area contributed by atoms with Crippen LogP contribution in [0.5, 0.6) is 17.2 Å². The van der Waals surface area contributed by atoms with Gasteiger partial charge in [0, 0.05) is 11.0 Å². The van der Waals surface area contributed by atoms with E-state index in [9.17, 15) is 0 Å². The first kappa shape index (κ1) is 25.0. The molecule has 2 aliphatic rings. The van der Waals surface area contributed by atoms with Gasteiger partial charge in [0.2, 0.25) is 0 Å². The number of rotatable bonds is 4. The molecular formula is C38H29BO2. The van der Waals surface area contributed by atoms with Crippen LogP contribution in [0.15, 0.2) is 140 Å². The van der Waals surface area contributed by atoms with Gasteiger partial charge in [0.15, 0.2) is 0 Å². The van der Waals surface area contributed by atoms with Gasteiger partial charge in [0.05, 0.1) is 0 Å². The molecule has 0 radical (unpaired) electrons. The smallest absolute Gasteiger partial charge is 0.260 e. The fourth-order valence-corrected chi connectivity index (χ4v) is 6.10. The molecule has 5 aromatic rings. The Morgan fingerprint density at radius 2 is 1.34 bits per heavy atom. The third-order valence-corrected chi connectivity index (χ3v) is 8.21. The highest BCUT2D eigenvalue weighted by Gasteiger charge is 2.42. The van der Waals surface area contributed by atoms with E-state index in [0.717, 1.165) is 61.5 Å². The summed E-state index contributed by atoms with van der Waals surface area (Å²) in [6.45, 7) is 13.0. The van der Waals surface area contributed by atoms with E-state index >= 15 is 0 Å². The Labute approximate surface area is 242 Å². The SMILES string of the molecule is C=C1Oc2ccc(-c3ccccc3C)c3c2B(/C1=C/C(=C)c1ccccc1)c1cc(-c2ccccc2C)ccc1O3. The molecule has 41 heavy (non-hydrogen) atoms. The van der Waals surface area contributed by atoms with Crippen LogP contribution in [0.4, 0.5) is 0 Å². The molecule has 3 heteroatoms. The van der Waals surface area contributed by atoms with Gasteiger partial charge in [-0.05, 0) is 81.9 Å². The van der Waals surface area contributed by atoms with Gasteiger partial charge >= 0.3 is 0 Å². The van der Waals surface area contributed by atoms with E-state index in [1.807, 2.05) is 18.2 Å². The monoisotopic (exact) mass is 528 g/mol. The molecule has 0 unspecified atom stereocenters. The summed E-state index contributed by atoms with van der Waals surface area (Å²) in [6, 6.07) is 37.9. The summed E-state index contributed by atoms with van der Waals surface area (Å²) in [5, 5.41) is 0. The Kier molecular flexibility index (Phi) is 6.01. The van der Waals surface area contributed by atoms with E-state index < -0.39 is 0 Å². The number of fused-ring (bicyclic) bond motifs is 2. The summed E-state index contributed by atoms with van der Waals surface area (Å²) in [5.74, 6) is 3.09. The van der Waals surface area contributed by atoms with Gasteiger partial charge in [-0.2, -0.15) is 0 Å². The van der Waals surface area contributed by atoms with Gasteiger partial charge < -0.3 is 9.47 Å². The molecule has 196 valence electrons. The standard InChI is InChI=1S/C38H29BO2/c1-24-12-8-10-16-30(24)29-18-20-35-34(23-29)39-33(22-26(3)28-14-6-5-7-15-28)27(4)40-36-21-19-32(38(41-35)37(36)39)31-17-11-9-13-25(31)2/h5-23H,3-4H2,1-2H3/b33-22+. The number of benzene rings is 5. The lowest BCUT2D eigenvalue weighted by atomic mass is 9.33. The molecule has 0 amide bonds. The molecule has 2 heterocycles. The lowest BCUT2D eigenvalue weighted by Gasteiger charge is -2.35. The molecule has 0 N–H and O–H groups in total. The molecule has 0 bridgehead atoms. The van der Waals surface area contributed by atoms with Crippen molar-refractivity contribution in [3.05, 3.63) is 156 Å². The Morgan fingerprint density at radius 3 is 2.07 bits per heavy atom. The fraction of sp³-hybridized carbons (Fsp3) is 0.0526. The fourth-order valence-electron chi connectivity index (χ4n) is 6.10. The Bertz CT molecular complexity index is 1900. The molecule has 0 spiro atoms. The van der Waals surface area contributed by atoms with Gasteiger partial charge in [-0.1, -0.05) is 110 Å². The van der Waals surface area contributed by atoms with Crippen LogP contribution in [0.2, 0.25) is 0 Å². The number of aryl methyl sites for hydroxylation is 2. The van der Waals surface area contributed by atoms with Crippen LogP contribution in [-0.2, 0) is 0 Å². The zero-order valence-corrected chi connectivity index (χ0v) is 23.3. The first-order chi connectivity index (χ1) is 20.0. The predicted octanol–water partition coefficient (Wildman–Crippen LogP) is 8.44. The zero-order chi connectivity index (χ0) is 28.1. The minimum absolute atomic E-state index is 0.126. The third-order valence-electron chi connectivity index (χ3n) is 8.21. The van der Waals surface area contributed by atoms with E-state index in [0.29, 0.717) is 5.76 Å². The molecule has 2 nitrogen and oxygen atoms in total. The van der Waals surface area contributed by atoms with E-state index in [2.05, 4.69) is 124 Å². The Balaban J connectivity index is 1.48. The molecule has 5 aromatic carbocycles. The quantitative estimate of drug-likeness (QED) is 0.218. The van der Waals surface area contributed by atoms with Crippen molar-refractivity contribution in [1.29, 1.82) is 0 Å². The summed E-state index contributed by atoms with van der Waals surface area (Å²) in [6.07, 6.45) is 2.13. The van der Waals surface area contributed by atoms with Crippen LogP contribution >= 0.6 is 0 Å². The highest BCUT2D eigenvalue weighted by molar-refractivity contribution is 6.94. The maximum atomic E-state index is 6.80. The average Bonchev–Trinajstić information content (AvgIpc) is 2.99. The van der Waals surface area contributed by atoms with Crippen molar-refractivity contribution in [2.24, 2.45) is 0 Å². The van der Waals surface area contributed by atoms with Crippen molar-refractivity contribution < 1.29 is 9.47 Å². The van der Waals surface area contributed by atoms with Crippen LogP contribution in [0.1, 0.15) is 16.7 Å². The van der Waals surface area contributed by atoms with E-state index in [1.54, 1.807) is 0 Å². The second kappa shape index (κ2) is 9.87.